The van der Waals surface area contributed by atoms with Crippen LogP contribution in [0.1, 0.15) is 12.6 Å². The number of hydrogen-bond donors (Lipinski definition) is 0. The predicted molar refractivity (Wildman–Crippen MR) is 66.1 cm³/mol. The van der Waals surface area contributed by atoms with E-state index in [1.807, 2.05) is 34.3 Å². The maximum Gasteiger partial charge on any atom is 0.214 e. The van der Waals surface area contributed by atoms with E-state index in [0.717, 1.165) is 22.5 Å². The lowest BCUT2D eigenvalue weighted by Gasteiger charge is -1.94. The second-order valence-corrected chi connectivity index (χ2v) is 4.33. The number of aromatic nitrogens is 3. The van der Waals surface area contributed by atoms with Gasteiger partial charge in [0.2, 0.25) is 5.78 Å². The zero-order chi connectivity index (χ0) is 12.0. The van der Waals surface area contributed by atoms with E-state index >= 15 is 0 Å². The molecule has 2 aromatic heterocycles. The summed E-state index contributed by atoms with van der Waals surface area (Å²) >= 11 is 0. The number of ketones is 1. The van der Waals surface area contributed by atoms with Gasteiger partial charge in [0.15, 0.2) is 0 Å². The highest BCUT2D eigenvalue weighted by Crippen LogP contribution is 2.19. The quantitative estimate of drug-likeness (QED) is 0.671. The van der Waals surface area contributed by atoms with Crippen molar-refractivity contribution in [1.29, 1.82) is 0 Å². The lowest BCUT2D eigenvalue weighted by molar-refractivity contribution is -0.116. The Bertz CT molecular complexity index is 721. The molecule has 0 radical (unpaired) electrons. The minimum atomic E-state index is 0.137. The Morgan fingerprint density at radius 1 is 1.29 bits per heavy atom. The van der Waals surface area contributed by atoms with Gasteiger partial charge >= 0.3 is 0 Å². The molecule has 0 bridgehead atoms. The highest BCUT2D eigenvalue weighted by molar-refractivity contribution is 5.82. The Balaban J connectivity index is 2.30. The molecular formula is C13H13N3O. The average molecular weight is 227 g/mol. The fourth-order valence-corrected chi connectivity index (χ4v) is 2.23. The van der Waals surface area contributed by atoms with Crippen LogP contribution in [-0.4, -0.2) is 19.7 Å². The first-order valence-corrected chi connectivity index (χ1v) is 5.57. The topological polar surface area (TPSA) is 39.3 Å². The van der Waals surface area contributed by atoms with Crippen LogP contribution in [0, 0.1) is 0 Å². The van der Waals surface area contributed by atoms with Crippen molar-refractivity contribution in [3.8, 4) is 0 Å². The summed E-state index contributed by atoms with van der Waals surface area (Å²) in [5, 5.41) is 0. The molecule has 3 rings (SSSR count). The van der Waals surface area contributed by atoms with E-state index in [1.165, 1.54) is 0 Å². The van der Waals surface area contributed by atoms with Gasteiger partial charge in [-0.3, -0.25) is 9.20 Å². The molecule has 0 atom stereocenters. The molecule has 2 heterocycles. The standard InChI is InChI=1S/C13H13N3O/c1-9(17)7-10-8-16-12-6-4-3-5-11(12)15(2)13(16)14-10/h3-6,8H,7H2,1-2H3. The minimum Gasteiger partial charge on any atom is -0.313 e. The molecule has 0 amide bonds. The maximum absolute atomic E-state index is 11.1. The van der Waals surface area contributed by atoms with Gasteiger partial charge in [-0.25, -0.2) is 4.98 Å². The van der Waals surface area contributed by atoms with Crippen LogP contribution in [0.3, 0.4) is 0 Å². The molecule has 4 nitrogen and oxygen atoms in total. The summed E-state index contributed by atoms with van der Waals surface area (Å²) in [7, 11) is 1.99. The van der Waals surface area contributed by atoms with E-state index < -0.39 is 0 Å². The van der Waals surface area contributed by atoms with Gasteiger partial charge in [-0.05, 0) is 19.1 Å². The second-order valence-electron chi connectivity index (χ2n) is 4.33. The van der Waals surface area contributed by atoms with Crippen LogP contribution in [-0.2, 0) is 18.3 Å². The van der Waals surface area contributed by atoms with Crippen LogP contribution in [0.4, 0.5) is 0 Å². The zero-order valence-electron chi connectivity index (χ0n) is 9.84. The molecule has 0 aliphatic rings. The van der Waals surface area contributed by atoms with Gasteiger partial charge in [-0.15, -0.1) is 0 Å². The fourth-order valence-electron chi connectivity index (χ4n) is 2.23. The molecule has 0 aliphatic carbocycles. The Morgan fingerprint density at radius 3 is 2.71 bits per heavy atom. The van der Waals surface area contributed by atoms with E-state index in [-0.39, 0.29) is 5.78 Å². The highest BCUT2D eigenvalue weighted by atomic mass is 16.1. The van der Waals surface area contributed by atoms with Crippen molar-refractivity contribution in [3.05, 3.63) is 36.2 Å². The number of hydrogen-bond acceptors (Lipinski definition) is 2. The molecule has 3 aromatic rings. The van der Waals surface area contributed by atoms with E-state index in [9.17, 15) is 4.79 Å². The SMILES string of the molecule is CC(=O)Cc1cn2c3ccccc3n(C)c2n1. The number of carbonyl (C=O) groups excluding carboxylic acids is 1. The summed E-state index contributed by atoms with van der Waals surface area (Å²) < 4.78 is 4.08. The largest absolute Gasteiger partial charge is 0.313 e. The van der Waals surface area contributed by atoms with Gasteiger partial charge in [-0.1, -0.05) is 12.1 Å². The molecule has 17 heavy (non-hydrogen) atoms. The van der Waals surface area contributed by atoms with Crippen molar-refractivity contribution in [2.45, 2.75) is 13.3 Å². The predicted octanol–water partition coefficient (Wildman–Crippen LogP) is 1.96. The van der Waals surface area contributed by atoms with Crippen molar-refractivity contribution >= 4 is 22.6 Å². The van der Waals surface area contributed by atoms with Gasteiger partial charge in [-0.2, -0.15) is 0 Å². The Labute approximate surface area is 98.5 Å². The van der Waals surface area contributed by atoms with Crippen LogP contribution in [0.15, 0.2) is 30.5 Å². The molecular weight excluding hydrogens is 214 g/mol. The van der Waals surface area contributed by atoms with E-state index in [1.54, 1.807) is 6.92 Å². The summed E-state index contributed by atoms with van der Waals surface area (Å²) in [6.07, 6.45) is 2.34. The van der Waals surface area contributed by atoms with Crippen molar-refractivity contribution in [2.75, 3.05) is 0 Å². The summed E-state index contributed by atoms with van der Waals surface area (Å²) in [4.78, 5) is 15.6. The van der Waals surface area contributed by atoms with Gasteiger partial charge in [0.05, 0.1) is 23.1 Å². The molecule has 0 fully saturated rings. The maximum atomic E-state index is 11.1. The third-order valence-electron chi connectivity index (χ3n) is 2.97. The number of carbonyl (C=O) groups is 1. The van der Waals surface area contributed by atoms with Gasteiger partial charge < -0.3 is 4.57 Å². The number of aryl methyl sites for hydroxylation is 1. The third kappa shape index (κ3) is 1.45. The van der Waals surface area contributed by atoms with E-state index in [2.05, 4.69) is 17.1 Å². The monoisotopic (exact) mass is 227 g/mol. The summed E-state index contributed by atoms with van der Waals surface area (Å²) in [5.74, 6) is 1.01. The highest BCUT2D eigenvalue weighted by Gasteiger charge is 2.11. The average Bonchev–Trinajstić information content (AvgIpc) is 2.80. The Morgan fingerprint density at radius 2 is 2.00 bits per heavy atom. The molecule has 0 unspecified atom stereocenters. The number of nitrogens with zero attached hydrogens (tertiary/aromatic N) is 3. The molecule has 86 valence electrons. The fraction of sp³-hybridized carbons (Fsp3) is 0.231. The molecule has 0 N–H and O–H groups in total. The molecule has 4 heteroatoms. The van der Waals surface area contributed by atoms with Crippen LogP contribution in [0.2, 0.25) is 0 Å². The van der Waals surface area contributed by atoms with Crippen molar-refractivity contribution < 1.29 is 4.79 Å². The van der Waals surface area contributed by atoms with Crippen molar-refractivity contribution in [3.63, 3.8) is 0 Å². The first-order valence-electron chi connectivity index (χ1n) is 5.57. The Kier molecular flexibility index (Phi) is 2.04. The van der Waals surface area contributed by atoms with Gasteiger partial charge in [0.1, 0.15) is 5.78 Å². The Hall–Kier alpha value is -2.10. The van der Waals surface area contributed by atoms with Crippen LogP contribution >= 0.6 is 0 Å². The van der Waals surface area contributed by atoms with Crippen molar-refractivity contribution in [2.24, 2.45) is 7.05 Å². The number of Topliss-reactive ketones (excluding diaryl/α,β-unsaturated/α-hetero) is 1. The van der Waals surface area contributed by atoms with Crippen LogP contribution < -0.4 is 0 Å². The zero-order valence-corrected chi connectivity index (χ0v) is 9.84. The number of benzene rings is 1. The van der Waals surface area contributed by atoms with E-state index in [4.69, 9.17) is 0 Å². The second kappa shape index (κ2) is 3.45. The lowest BCUT2D eigenvalue weighted by atomic mass is 10.2. The minimum absolute atomic E-state index is 0.137. The van der Waals surface area contributed by atoms with Gasteiger partial charge in [0.25, 0.3) is 0 Å². The summed E-state index contributed by atoms with van der Waals surface area (Å²) in [6.45, 7) is 1.59. The van der Waals surface area contributed by atoms with Crippen LogP contribution in [0.5, 0.6) is 0 Å². The molecule has 0 spiro atoms. The third-order valence-corrected chi connectivity index (χ3v) is 2.97. The van der Waals surface area contributed by atoms with Crippen molar-refractivity contribution in [1.82, 2.24) is 14.0 Å². The van der Waals surface area contributed by atoms with Crippen LogP contribution in [0.25, 0.3) is 16.8 Å². The molecule has 0 saturated heterocycles. The molecule has 1 aromatic carbocycles. The number of imidazole rings is 2. The first-order chi connectivity index (χ1) is 8.16. The molecule has 0 aliphatic heterocycles. The normalized spacial score (nSPS) is 11.4. The molecule has 0 saturated carbocycles. The number of para-hydroxylation sites is 2. The van der Waals surface area contributed by atoms with Gasteiger partial charge in [0, 0.05) is 13.2 Å². The smallest absolute Gasteiger partial charge is 0.214 e. The van der Waals surface area contributed by atoms with E-state index in [0.29, 0.717) is 6.42 Å². The lowest BCUT2D eigenvalue weighted by Crippen LogP contribution is -1.96. The summed E-state index contributed by atoms with van der Waals surface area (Å²) in [6, 6.07) is 8.14. The summed E-state index contributed by atoms with van der Waals surface area (Å²) in [5.41, 5.74) is 3.09. The number of fused-ring (bicyclic) bond motifs is 3. The first kappa shape index (κ1) is 10.1. The number of rotatable bonds is 2.